The van der Waals surface area contributed by atoms with Gasteiger partial charge in [0.15, 0.2) is 0 Å². The molecule has 8 nitrogen and oxygen atoms in total. The molecule has 2 aromatic heterocycles. The van der Waals surface area contributed by atoms with E-state index in [0.717, 1.165) is 58.3 Å². The van der Waals surface area contributed by atoms with Gasteiger partial charge in [-0.2, -0.15) is 0 Å². The van der Waals surface area contributed by atoms with Crippen molar-refractivity contribution in [2.75, 3.05) is 30.2 Å². The number of methoxy groups -OCH3 is 1. The molecule has 0 aliphatic carbocycles. The fourth-order valence-electron chi connectivity index (χ4n) is 5.16. The lowest BCUT2D eigenvalue weighted by Gasteiger charge is -2.26. The molecule has 0 saturated heterocycles. The summed E-state index contributed by atoms with van der Waals surface area (Å²) in [6.45, 7) is 5.00. The molecule has 42 heavy (non-hydrogen) atoms. The van der Waals surface area contributed by atoms with E-state index in [1.807, 2.05) is 18.2 Å². The van der Waals surface area contributed by atoms with Crippen LogP contribution in [-0.2, 0) is 23.0 Å². The van der Waals surface area contributed by atoms with Crippen LogP contribution < -0.4 is 14.8 Å². The van der Waals surface area contributed by atoms with Gasteiger partial charge in [0.1, 0.15) is 15.8 Å². The highest BCUT2D eigenvalue weighted by Crippen LogP contribution is 2.46. The van der Waals surface area contributed by atoms with E-state index in [4.69, 9.17) is 9.72 Å². The number of thiophene rings is 1. The molecule has 0 fully saturated rings. The van der Waals surface area contributed by atoms with Gasteiger partial charge in [-0.15, -0.1) is 22.7 Å². The van der Waals surface area contributed by atoms with Crippen LogP contribution in [0.5, 0.6) is 5.75 Å². The largest absolute Gasteiger partial charge is 0.497 e. The quantitative estimate of drug-likeness (QED) is 0.187. The maximum absolute atomic E-state index is 13.8. The monoisotopic (exact) mass is 618 g/mol. The van der Waals surface area contributed by atoms with Crippen LogP contribution in [0.4, 0.5) is 10.7 Å². The van der Waals surface area contributed by atoms with Crippen LogP contribution in [0.15, 0.2) is 77.7 Å². The van der Waals surface area contributed by atoms with Crippen molar-refractivity contribution in [2.45, 2.75) is 31.2 Å². The van der Waals surface area contributed by atoms with Crippen molar-refractivity contribution in [1.82, 2.24) is 9.88 Å². The maximum Gasteiger partial charge on any atom is 0.261 e. The van der Waals surface area contributed by atoms with E-state index in [9.17, 15) is 13.2 Å². The van der Waals surface area contributed by atoms with Crippen molar-refractivity contribution in [3.8, 4) is 16.3 Å². The smallest absolute Gasteiger partial charge is 0.261 e. The van der Waals surface area contributed by atoms with E-state index in [1.54, 1.807) is 59.1 Å². The van der Waals surface area contributed by atoms with Crippen molar-refractivity contribution in [3.63, 3.8) is 0 Å². The Labute approximate surface area is 253 Å². The summed E-state index contributed by atoms with van der Waals surface area (Å²) in [6.07, 6.45) is 1.96. The van der Waals surface area contributed by atoms with Crippen LogP contribution in [0.2, 0.25) is 0 Å². The molecule has 5 aromatic rings. The number of thiazole rings is 1. The number of benzene rings is 3. The first-order valence-corrected chi connectivity index (χ1v) is 16.8. The molecule has 3 heterocycles. The Hall–Kier alpha value is -3.77. The van der Waals surface area contributed by atoms with Crippen molar-refractivity contribution in [2.24, 2.45) is 0 Å². The number of rotatable bonds is 9. The number of carbonyl (C=O) groups excluding carboxylic acids is 1. The standard InChI is InChI=1S/C31H30N4O4S3/c1-3-17-35-18-16-23-27(19-35)41-31(28(23)30-32-25-10-6-7-11-26(25)40-30)33-29(36)22-8-4-5-9-24(22)34-42(37,38)21-14-12-20(39-2)13-15-21/h4-15,34H,3,16-19H2,1-2H3,(H,33,36). The van der Waals surface area contributed by atoms with Gasteiger partial charge in [0.2, 0.25) is 0 Å². The van der Waals surface area contributed by atoms with Crippen LogP contribution in [0.25, 0.3) is 20.8 Å². The lowest BCUT2D eigenvalue weighted by molar-refractivity contribution is 0.102. The summed E-state index contributed by atoms with van der Waals surface area (Å²) in [5.74, 6) is 0.156. The topological polar surface area (TPSA) is 101 Å². The highest BCUT2D eigenvalue weighted by atomic mass is 32.2. The summed E-state index contributed by atoms with van der Waals surface area (Å²) in [5.41, 5.74) is 3.55. The molecule has 0 atom stereocenters. The van der Waals surface area contributed by atoms with Gasteiger partial charge in [-0.25, -0.2) is 13.4 Å². The summed E-state index contributed by atoms with van der Waals surface area (Å²) in [7, 11) is -2.43. The Morgan fingerprint density at radius 3 is 2.55 bits per heavy atom. The van der Waals surface area contributed by atoms with Crippen LogP contribution in [0.1, 0.15) is 34.1 Å². The summed E-state index contributed by atoms with van der Waals surface area (Å²) >= 11 is 3.20. The van der Waals surface area contributed by atoms with Gasteiger partial charge in [-0.1, -0.05) is 31.2 Å². The molecule has 0 radical (unpaired) electrons. The Balaban J connectivity index is 1.34. The van der Waals surface area contributed by atoms with E-state index in [0.29, 0.717) is 5.75 Å². The fraction of sp³-hybridized carbons (Fsp3) is 0.226. The molecular formula is C31H30N4O4S3. The first-order valence-electron chi connectivity index (χ1n) is 13.7. The number of aromatic nitrogens is 1. The Kier molecular flexibility index (Phi) is 8.00. The zero-order valence-electron chi connectivity index (χ0n) is 23.2. The molecule has 1 aliphatic heterocycles. The second-order valence-corrected chi connectivity index (χ2v) is 13.8. The normalized spacial score (nSPS) is 13.6. The predicted octanol–water partition coefficient (Wildman–Crippen LogP) is 6.85. The molecule has 0 bridgehead atoms. The lowest BCUT2D eigenvalue weighted by atomic mass is 10.0. The Morgan fingerprint density at radius 1 is 1.02 bits per heavy atom. The number of nitrogens with one attached hydrogen (secondary N) is 2. The number of nitrogens with zero attached hydrogens (tertiary/aromatic N) is 2. The first kappa shape index (κ1) is 28.4. The predicted molar refractivity (Wildman–Crippen MR) is 170 cm³/mol. The molecule has 1 amide bonds. The average Bonchev–Trinajstić information content (AvgIpc) is 3.57. The molecular weight excluding hydrogens is 589 g/mol. The SMILES string of the molecule is CCCN1CCc2c(sc(NC(=O)c3ccccc3NS(=O)(=O)c3ccc(OC)cc3)c2-c2nc3ccccc3s2)C1. The van der Waals surface area contributed by atoms with Crippen LogP contribution in [0.3, 0.4) is 0 Å². The average molecular weight is 619 g/mol. The maximum atomic E-state index is 13.8. The minimum atomic E-state index is -3.94. The van der Waals surface area contributed by atoms with Crippen molar-refractivity contribution < 1.29 is 17.9 Å². The molecule has 0 spiro atoms. The number of hydrogen-bond acceptors (Lipinski definition) is 8. The third-order valence-corrected chi connectivity index (χ3v) is 10.8. The molecule has 216 valence electrons. The van der Waals surface area contributed by atoms with Crippen molar-refractivity contribution >= 4 is 59.5 Å². The summed E-state index contributed by atoms with van der Waals surface area (Å²) in [4.78, 5) is 22.5. The highest BCUT2D eigenvalue weighted by Gasteiger charge is 2.28. The fourth-order valence-corrected chi connectivity index (χ4v) is 8.63. The van der Waals surface area contributed by atoms with Gasteiger partial charge in [0, 0.05) is 23.5 Å². The number of anilines is 2. The van der Waals surface area contributed by atoms with Gasteiger partial charge in [-0.3, -0.25) is 14.4 Å². The van der Waals surface area contributed by atoms with Gasteiger partial charge in [0.25, 0.3) is 15.9 Å². The number of amides is 1. The minimum Gasteiger partial charge on any atom is -0.497 e. The molecule has 1 aliphatic rings. The van der Waals surface area contributed by atoms with E-state index < -0.39 is 15.9 Å². The van der Waals surface area contributed by atoms with Gasteiger partial charge >= 0.3 is 0 Å². The van der Waals surface area contributed by atoms with E-state index >= 15 is 0 Å². The number of hydrogen-bond donors (Lipinski definition) is 2. The van der Waals surface area contributed by atoms with Crippen molar-refractivity contribution in [3.05, 3.63) is 88.8 Å². The summed E-state index contributed by atoms with van der Waals surface area (Å²) < 4.78 is 35.2. The molecule has 0 unspecified atom stereocenters. The Bertz CT molecular complexity index is 1830. The number of sulfonamides is 1. The number of carbonyl (C=O) groups is 1. The summed E-state index contributed by atoms with van der Waals surface area (Å²) in [5, 5.41) is 4.74. The third-order valence-electron chi connectivity index (χ3n) is 7.20. The molecule has 0 saturated carbocycles. The molecule has 11 heteroatoms. The second-order valence-electron chi connectivity index (χ2n) is 10.0. The Morgan fingerprint density at radius 2 is 1.79 bits per heavy atom. The second kappa shape index (κ2) is 11.8. The van der Waals surface area contributed by atoms with Crippen molar-refractivity contribution in [1.29, 1.82) is 0 Å². The van der Waals surface area contributed by atoms with Crippen LogP contribution in [-0.4, -0.2) is 44.4 Å². The zero-order chi connectivity index (χ0) is 29.3. The molecule has 2 N–H and O–H groups in total. The minimum absolute atomic E-state index is 0.0687. The van der Waals surface area contributed by atoms with Gasteiger partial charge in [-0.05, 0) is 73.5 Å². The van der Waals surface area contributed by atoms with E-state index in [-0.39, 0.29) is 16.1 Å². The lowest BCUT2D eigenvalue weighted by Crippen LogP contribution is -2.30. The first-order chi connectivity index (χ1) is 20.4. The summed E-state index contributed by atoms with van der Waals surface area (Å²) in [6, 6.07) is 20.8. The van der Waals surface area contributed by atoms with E-state index in [2.05, 4.69) is 27.9 Å². The van der Waals surface area contributed by atoms with Crippen LogP contribution >= 0.6 is 22.7 Å². The number of para-hydroxylation sites is 2. The highest BCUT2D eigenvalue weighted by molar-refractivity contribution is 7.92. The number of ether oxygens (including phenoxy) is 1. The van der Waals surface area contributed by atoms with Gasteiger partial charge < -0.3 is 10.1 Å². The third kappa shape index (κ3) is 5.65. The molecule has 3 aromatic carbocycles. The van der Waals surface area contributed by atoms with E-state index in [1.165, 1.54) is 29.7 Å². The van der Waals surface area contributed by atoms with Crippen LogP contribution in [0, 0.1) is 0 Å². The molecule has 6 rings (SSSR count). The van der Waals surface area contributed by atoms with Gasteiger partial charge in [0.05, 0.1) is 33.5 Å². The number of fused-ring (bicyclic) bond motifs is 2. The zero-order valence-corrected chi connectivity index (χ0v) is 25.7.